The summed E-state index contributed by atoms with van der Waals surface area (Å²) in [6, 6.07) is 11.1. The van der Waals surface area contributed by atoms with Crippen molar-refractivity contribution in [2.75, 3.05) is 41.0 Å². The fraction of sp³-hybridized carbons (Fsp3) is 0.467. The Labute approximate surface area is 369 Å². The number of nitrogens with one attached hydrogen (secondary N) is 2. The Balaban J connectivity index is 0.000000276. The predicted molar refractivity (Wildman–Crippen MR) is 237 cm³/mol. The van der Waals surface area contributed by atoms with Crippen LogP contribution < -0.4 is 24.8 Å². The monoisotopic (exact) mass is 871 g/mol. The van der Waals surface area contributed by atoms with Gasteiger partial charge in [0.1, 0.15) is 0 Å². The lowest BCUT2D eigenvalue weighted by atomic mass is 9.92. The lowest BCUT2D eigenvalue weighted by molar-refractivity contribution is -0.137. The number of amides is 1. The number of aldehydes is 1. The summed E-state index contributed by atoms with van der Waals surface area (Å²) in [4.78, 5) is 60.9. The summed E-state index contributed by atoms with van der Waals surface area (Å²) in [5, 5.41) is 25.0. The molecule has 5 rings (SSSR count). The highest BCUT2D eigenvalue weighted by atomic mass is 16.5. The molecule has 1 aliphatic rings. The topological polar surface area (TPSA) is 242 Å². The molecule has 0 fully saturated rings. The zero-order valence-electron chi connectivity index (χ0n) is 36.4. The van der Waals surface area contributed by atoms with Gasteiger partial charge in [-0.05, 0) is 49.1 Å². The van der Waals surface area contributed by atoms with Gasteiger partial charge in [0.05, 0.1) is 46.0 Å². The number of hydrogen-bond donors (Lipinski definition) is 4. The minimum absolute atomic E-state index is 0.0210. The van der Waals surface area contributed by atoms with Crippen LogP contribution in [0.5, 0.6) is 18.0 Å². The molecule has 1 aromatic carbocycles. The molecule has 63 heavy (non-hydrogen) atoms. The van der Waals surface area contributed by atoms with E-state index in [2.05, 4.69) is 62.4 Å². The second-order valence-corrected chi connectivity index (χ2v) is 14.2. The standard InChI is InChI=1S/C20H26N2O3.C19H29N5O4.C6H6N2O2/c1-24-20-21-14-18(15-22-20)11-12-19(23)10-6-3-7-13-25-16-17-8-4-2-5-9-17;1-28-19-22-12-15(13-23-19)14(11-17(26)27)7-4-2-3-5-8-16(25)24-18-20-9-6-10-21-18;1-10-6-7-2-5(4-9)3-8-6/h2,4-5,8-9,11-12,14-15,19,23H,3,6-7,10,13,16H2,1H3;12-14H,2-11H2,1H3,(H,26,27)(H2,20,21,24,25);2-4H,1H3/b12-11+;;/t19-;14-;/m10./s1. The fourth-order valence-electron chi connectivity index (χ4n) is 5.91. The summed E-state index contributed by atoms with van der Waals surface area (Å²) in [5.74, 6) is -0.402. The number of carboxylic acid groups (broad SMARTS) is 1. The van der Waals surface area contributed by atoms with Gasteiger partial charge in [-0.2, -0.15) is 0 Å². The van der Waals surface area contributed by atoms with Crippen LogP contribution in [0.2, 0.25) is 0 Å². The number of aliphatic carboxylic acids is 1. The minimum atomic E-state index is -0.836. The number of methoxy groups -OCH3 is 3. The average Bonchev–Trinajstić information content (AvgIpc) is 3.32. The van der Waals surface area contributed by atoms with Crippen LogP contribution in [-0.2, 0) is 20.9 Å². The molecule has 340 valence electrons. The third-order valence-electron chi connectivity index (χ3n) is 9.29. The van der Waals surface area contributed by atoms with E-state index < -0.39 is 12.1 Å². The maximum absolute atomic E-state index is 11.9. The van der Waals surface area contributed by atoms with E-state index in [0.717, 1.165) is 95.0 Å². The van der Waals surface area contributed by atoms with Crippen molar-refractivity contribution in [1.82, 2.24) is 40.5 Å². The third kappa shape index (κ3) is 22.9. The first kappa shape index (κ1) is 51.0. The second-order valence-electron chi connectivity index (χ2n) is 14.2. The minimum Gasteiger partial charge on any atom is -0.481 e. The smallest absolute Gasteiger partial charge is 0.316 e. The van der Waals surface area contributed by atoms with Gasteiger partial charge in [0.2, 0.25) is 5.91 Å². The molecule has 0 saturated carbocycles. The van der Waals surface area contributed by atoms with Crippen molar-refractivity contribution in [3.63, 3.8) is 0 Å². The van der Waals surface area contributed by atoms with Crippen LogP contribution in [0.15, 0.2) is 78.6 Å². The number of aliphatic hydroxyl groups excluding tert-OH is 1. The molecular formula is C45H61N9O9. The van der Waals surface area contributed by atoms with Crippen LogP contribution in [0.3, 0.4) is 0 Å². The number of aromatic nitrogens is 6. The molecule has 0 radical (unpaired) electrons. The van der Waals surface area contributed by atoms with Gasteiger partial charge in [-0.1, -0.05) is 74.6 Å². The normalized spacial score (nSPS) is 12.8. The molecule has 4 heterocycles. The van der Waals surface area contributed by atoms with Crippen LogP contribution >= 0.6 is 0 Å². The number of rotatable bonds is 24. The third-order valence-corrected chi connectivity index (χ3v) is 9.29. The Hall–Kier alpha value is -6.40. The first-order valence-electron chi connectivity index (χ1n) is 21.0. The van der Waals surface area contributed by atoms with Gasteiger partial charge in [0.15, 0.2) is 12.2 Å². The number of carbonyl (C=O) groups is 3. The molecule has 0 spiro atoms. The van der Waals surface area contributed by atoms with E-state index in [-0.39, 0.29) is 30.3 Å². The first-order valence-corrected chi connectivity index (χ1v) is 21.0. The summed E-state index contributed by atoms with van der Waals surface area (Å²) in [7, 11) is 4.49. The summed E-state index contributed by atoms with van der Waals surface area (Å²) in [5.41, 5.74) is 3.30. The van der Waals surface area contributed by atoms with Gasteiger partial charge in [-0.15, -0.1) is 0 Å². The van der Waals surface area contributed by atoms with E-state index in [1.54, 1.807) is 30.9 Å². The number of ether oxygens (including phenoxy) is 4. The highest BCUT2D eigenvalue weighted by Crippen LogP contribution is 2.26. The summed E-state index contributed by atoms with van der Waals surface area (Å²) in [6.45, 7) is 3.01. The fourth-order valence-corrected chi connectivity index (χ4v) is 5.91. The van der Waals surface area contributed by atoms with Crippen LogP contribution in [0.4, 0.5) is 0 Å². The number of aliphatic imine (C=N–C) groups is 1. The SMILES string of the molecule is COc1ncc(/C=C/[C@H](O)CCCCCOCc2ccccc2)cn1.COc1ncc(C=O)cn1.COc1ncc([C@@H](CCCCCCC(=O)NC2=NCCCN2)CC(=O)O)cn1. The molecule has 4 aromatic rings. The first-order chi connectivity index (χ1) is 30.7. The van der Waals surface area contributed by atoms with Crippen molar-refractivity contribution in [2.45, 2.75) is 95.7 Å². The molecule has 0 saturated heterocycles. The van der Waals surface area contributed by atoms with Gasteiger partial charge >= 0.3 is 24.0 Å². The van der Waals surface area contributed by atoms with Crippen LogP contribution in [0.25, 0.3) is 6.08 Å². The number of benzene rings is 1. The Morgan fingerprint density at radius 2 is 1.37 bits per heavy atom. The number of nitrogens with zero attached hydrogens (tertiary/aromatic N) is 7. The molecule has 1 amide bonds. The molecular weight excluding hydrogens is 811 g/mol. The van der Waals surface area contributed by atoms with Gasteiger partial charge in [0, 0.05) is 68.9 Å². The molecule has 2 atom stereocenters. The van der Waals surface area contributed by atoms with Gasteiger partial charge in [-0.3, -0.25) is 24.7 Å². The van der Waals surface area contributed by atoms with Crippen molar-refractivity contribution < 1.29 is 43.5 Å². The van der Waals surface area contributed by atoms with E-state index >= 15 is 0 Å². The number of carbonyl (C=O) groups excluding carboxylic acids is 2. The molecule has 3 aromatic heterocycles. The Morgan fingerprint density at radius 3 is 1.95 bits per heavy atom. The second kappa shape index (κ2) is 31.4. The van der Waals surface area contributed by atoms with Crippen LogP contribution in [0, 0.1) is 0 Å². The van der Waals surface area contributed by atoms with Crippen molar-refractivity contribution in [1.29, 1.82) is 0 Å². The lowest BCUT2D eigenvalue weighted by Crippen LogP contribution is -2.43. The summed E-state index contributed by atoms with van der Waals surface area (Å²) >= 11 is 0. The lowest BCUT2D eigenvalue weighted by Gasteiger charge is -2.15. The average molecular weight is 872 g/mol. The zero-order chi connectivity index (χ0) is 45.3. The largest absolute Gasteiger partial charge is 0.481 e. The molecule has 0 unspecified atom stereocenters. The number of hydrogen-bond acceptors (Lipinski definition) is 16. The van der Waals surface area contributed by atoms with E-state index in [1.165, 1.54) is 39.3 Å². The van der Waals surface area contributed by atoms with E-state index in [4.69, 9.17) is 19.3 Å². The number of unbranched alkanes of at least 4 members (excludes halogenated alkanes) is 5. The van der Waals surface area contributed by atoms with Crippen molar-refractivity contribution in [3.05, 3.63) is 95.8 Å². The Kier molecular flexibility index (Phi) is 25.4. The highest BCUT2D eigenvalue weighted by molar-refractivity contribution is 5.97. The Morgan fingerprint density at radius 1 is 0.778 bits per heavy atom. The van der Waals surface area contributed by atoms with Crippen molar-refractivity contribution >= 4 is 30.2 Å². The summed E-state index contributed by atoms with van der Waals surface area (Å²) in [6.07, 6.45) is 22.8. The molecule has 4 N–H and O–H groups in total. The van der Waals surface area contributed by atoms with Crippen LogP contribution in [0.1, 0.15) is 110 Å². The predicted octanol–water partition coefficient (Wildman–Crippen LogP) is 5.78. The van der Waals surface area contributed by atoms with Crippen LogP contribution in [-0.4, -0.2) is 111 Å². The number of aliphatic hydroxyl groups is 1. The van der Waals surface area contributed by atoms with Gasteiger partial charge in [0.25, 0.3) is 0 Å². The van der Waals surface area contributed by atoms with E-state index in [9.17, 15) is 19.5 Å². The van der Waals surface area contributed by atoms with Crippen molar-refractivity contribution in [2.24, 2.45) is 4.99 Å². The zero-order valence-corrected chi connectivity index (χ0v) is 36.4. The van der Waals surface area contributed by atoms with E-state index in [0.29, 0.717) is 36.8 Å². The number of guanidine groups is 1. The maximum Gasteiger partial charge on any atom is 0.316 e. The molecule has 1 aliphatic heterocycles. The summed E-state index contributed by atoms with van der Waals surface area (Å²) < 4.78 is 20.2. The van der Waals surface area contributed by atoms with E-state index in [1.807, 2.05) is 24.3 Å². The number of carboxylic acids is 1. The molecule has 18 nitrogen and oxygen atoms in total. The van der Waals surface area contributed by atoms with Gasteiger partial charge < -0.3 is 34.5 Å². The molecule has 0 bridgehead atoms. The molecule has 0 aliphatic carbocycles. The molecule has 18 heteroatoms. The quantitative estimate of drug-likeness (QED) is 0.0481. The maximum atomic E-state index is 11.9. The Bertz CT molecular complexity index is 1920. The highest BCUT2D eigenvalue weighted by Gasteiger charge is 2.17. The van der Waals surface area contributed by atoms with Gasteiger partial charge in [-0.25, -0.2) is 29.9 Å². The van der Waals surface area contributed by atoms with Crippen molar-refractivity contribution in [3.8, 4) is 18.0 Å².